The summed E-state index contributed by atoms with van der Waals surface area (Å²) in [6.45, 7) is 3.71. The molecule has 6 heteroatoms. The first-order valence-corrected chi connectivity index (χ1v) is 6.38. The Morgan fingerprint density at radius 2 is 2.11 bits per heavy atom. The van der Waals surface area contributed by atoms with Crippen LogP contribution in [0.1, 0.15) is 31.2 Å². The average molecular weight is 279 g/mol. The summed E-state index contributed by atoms with van der Waals surface area (Å²) < 4.78 is 9.59. The van der Waals surface area contributed by atoms with Gasteiger partial charge in [-0.1, -0.05) is 0 Å². The molecule has 0 saturated carbocycles. The Labute approximate surface area is 114 Å². The normalized spacial score (nSPS) is 10.3. The highest BCUT2D eigenvalue weighted by atomic mass is 32.1. The molecular weight excluding hydrogens is 266 g/mol. The molecule has 0 atom stereocenters. The number of aryl methyl sites for hydroxylation is 1. The lowest BCUT2D eigenvalue weighted by Gasteiger charge is -2.04. The standard InChI is InChI=1S/C13H13NO4S/c1-7-8(2)19-12(10(7)13(16)17-3)14-11(15)9-4-5-18-6-9/h4-6H,1-3H3,(H,14,15). The molecule has 0 aliphatic rings. The minimum absolute atomic E-state index is 0.319. The number of amides is 1. The fraction of sp³-hybridized carbons (Fsp3) is 0.231. The van der Waals surface area contributed by atoms with Crippen molar-refractivity contribution in [1.82, 2.24) is 0 Å². The van der Waals surface area contributed by atoms with Gasteiger partial charge in [-0.05, 0) is 25.5 Å². The zero-order valence-electron chi connectivity index (χ0n) is 10.8. The van der Waals surface area contributed by atoms with Gasteiger partial charge >= 0.3 is 5.97 Å². The quantitative estimate of drug-likeness (QED) is 0.877. The number of furan rings is 1. The summed E-state index contributed by atoms with van der Waals surface area (Å²) in [5, 5.41) is 3.20. The van der Waals surface area contributed by atoms with Crippen molar-refractivity contribution in [3.05, 3.63) is 40.2 Å². The van der Waals surface area contributed by atoms with E-state index in [-0.39, 0.29) is 5.91 Å². The number of nitrogens with one attached hydrogen (secondary N) is 1. The minimum atomic E-state index is -0.454. The molecule has 0 aliphatic heterocycles. The predicted octanol–water partition coefficient (Wildman–Crippen LogP) is 3.00. The number of anilines is 1. The highest BCUT2D eigenvalue weighted by Gasteiger charge is 2.22. The number of carbonyl (C=O) groups excluding carboxylic acids is 2. The fourth-order valence-electron chi connectivity index (χ4n) is 1.63. The van der Waals surface area contributed by atoms with Crippen LogP contribution >= 0.6 is 11.3 Å². The van der Waals surface area contributed by atoms with Gasteiger partial charge in [-0.15, -0.1) is 11.3 Å². The number of hydrogen-bond donors (Lipinski definition) is 1. The Morgan fingerprint density at radius 3 is 2.68 bits per heavy atom. The fourth-order valence-corrected chi connectivity index (χ4v) is 2.68. The monoisotopic (exact) mass is 279 g/mol. The van der Waals surface area contributed by atoms with Gasteiger partial charge in [-0.2, -0.15) is 0 Å². The van der Waals surface area contributed by atoms with Crippen LogP contribution in [-0.4, -0.2) is 19.0 Å². The first-order chi connectivity index (χ1) is 9.04. The van der Waals surface area contributed by atoms with E-state index in [1.807, 2.05) is 13.8 Å². The Kier molecular flexibility index (Phi) is 3.71. The summed E-state index contributed by atoms with van der Waals surface area (Å²) in [6, 6.07) is 1.56. The maximum Gasteiger partial charge on any atom is 0.341 e. The molecule has 0 unspecified atom stereocenters. The number of thiophene rings is 1. The van der Waals surface area contributed by atoms with Crippen LogP contribution in [0.3, 0.4) is 0 Å². The SMILES string of the molecule is COC(=O)c1c(NC(=O)c2ccoc2)sc(C)c1C. The molecule has 0 radical (unpaired) electrons. The highest BCUT2D eigenvalue weighted by molar-refractivity contribution is 7.16. The van der Waals surface area contributed by atoms with Gasteiger partial charge in [-0.25, -0.2) is 4.79 Å². The van der Waals surface area contributed by atoms with E-state index in [2.05, 4.69) is 5.32 Å². The van der Waals surface area contributed by atoms with E-state index in [1.54, 1.807) is 6.07 Å². The van der Waals surface area contributed by atoms with E-state index in [0.717, 1.165) is 10.4 Å². The second kappa shape index (κ2) is 5.27. The maximum absolute atomic E-state index is 11.9. The van der Waals surface area contributed by atoms with Crippen LogP contribution < -0.4 is 5.32 Å². The number of rotatable bonds is 3. The van der Waals surface area contributed by atoms with Crippen LogP contribution in [-0.2, 0) is 4.74 Å². The molecule has 100 valence electrons. The van der Waals surface area contributed by atoms with Crippen LogP contribution in [0.15, 0.2) is 23.0 Å². The van der Waals surface area contributed by atoms with Crippen molar-refractivity contribution >= 4 is 28.2 Å². The second-order valence-corrected chi connectivity index (χ2v) is 5.17. The summed E-state index contributed by atoms with van der Waals surface area (Å²) in [5.74, 6) is -0.774. The summed E-state index contributed by atoms with van der Waals surface area (Å²) in [7, 11) is 1.32. The molecule has 0 aromatic carbocycles. The summed E-state index contributed by atoms with van der Waals surface area (Å²) in [6.07, 6.45) is 2.77. The molecular formula is C13H13NO4S. The molecule has 0 aliphatic carbocycles. The molecule has 5 nitrogen and oxygen atoms in total. The van der Waals surface area contributed by atoms with Crippen molar-refractivity contribution in [2.75, 3.05) is 12.4 Å². The zero-order valence-corrected chi connectivity index (χ0v) is 11.6. The molecule has 1 N–H and O–H groups in total. The molecule has 0 saturated heterocycles. The van der Waals surface area contributed by atoms with Gasteiger partial charge in [0.2, 0.25) is 0 Å². The Balaban J connectivity index is 2.33. The zero-order chi connectivity index (χ0) is 14.0. The van der Waals surface area contributed by atoms with E-state index in [4.69, 9.17) is 9.15 Å². The number of carbonyl (C=O) groups is 2. The largest absolute Gasteiger partial charge is 0.472 e. The summed E-state index contributed by atoms with van der Waals surface area (Å²) in [4.78, 5) is 24.7. The summed E-state index contributed by atoms with van der Waals surface area (Å²) >= 11 is 1.35. The van der Waals surface area contributed by atoms with Crippen molar-refractivity contribution < 1.29 is 18.7 Å². The third-order valence-electron chi connectivity index (χ3n) is 2.79. The molecule has 2 aromatic heterocycles. The first-order valence-electron chi connectivity index (χ1n) is 5.56. The molecule has 0 bridgehead atoms. The van der Waals surface area contributed by atoms with E-state index in [0.29, 0.717) is 16.1 Å². The highest BCUT2D eigenvalue weighted by Crippen LogP contribution is 2.33. The molecule has 2 aromatic rings. The van der Waals surface area contributed by atoms with Crippen LogP contribution in [0.4, 0.5) is 5.00 Å². The average Bonchev–Trinajstić information content (AvgIpc) is 2.99. The van der Waals surface area contributed by atoms with Crippen molar-refractivity contribution in [3.8, 4) is 0 Å². The topological polar surface area (TPSA) is 68.5 Å². The third-order valence-corrected chi connectivity index (χ3v) is 3.91. The van der Waals surface area contributed by atoms with Crippen molar-refractivity contribution in [3.63, 3.8) is 0 Å². The summed E-state index contributed by atoms with van der Waals surface area (Å²) in [5.41, 5.74) is 1.63. The van der Waals surface area contributed by atoms with E-state index < -0.39 is 5.97 Å². The lowest BCUT2D eigenvalue weighted by molar-refractivity contribution is 0.0601. The van der Waals surface area contributed by atoms with Gasteiger partial charge in [-0.3, -0.25) is 4.79 Å². The number of esters is 1. The lowest BCUT2D eigenvalue weighted by Crippen LogP contribution is -2.13. The van der Waals surface area contributed by atoms with E-state index >= 15 is 0 Å². The number of hydrogen-bond acceptors (Lipinski definition) is 5. The lowest BCUT2D eigenvalue weighted by atomic mass is 10.1. The van der Waals surface area contributed by atoms with Gasteiger partial charge < -0.3 is 14.5 Å². The molecule has 19 heavy (non-hydrogen) atoms. The number of methoxy groups -OCH3 is 1. The number of ether oxygens (including phenoxy) is 1. The molecule has 0 fully saturated rings. The van der Waals surface area contributed by atoms with Crippen LogP contribution in [0, 0.1) is 13.8 Å². The van der Waals surface area contributed by atoms with Crippen molar-refractivity contribution in [1.29, 1.82) is 0 Å². The maximum atomic E-state index is 11.9. The van der Waals surface area contributed by atoms with Crippen molar-refractivity contribution in [2.45, 2.75) is 13.8 Å². The molecule has 0 spiro atoms. The van der Waals surface area contributed by atoms with Crippen LogP contribution in [0.5, 0.6) is 0 Å². The van der Waals surface area contributed by atoms with Gasteiger partial charge in [0.05, 0.1) is 24.5 Å². The molecule has 2 heterocycles. The second-order valence-electron chi connectivity index (χ2n) is 3.95. The van der Waals surface area contributed by atoms with Gasteiger partial charge in [0.25, 0.3) is 5.91 Å². The predicted molar refractivity (Wildman–Crippen MR) is 71.8 cm³/mol. The smallest absolute Gasteiger partial charge is 0.341 e. The Bertz CT molecular complexity index is 613. The molecule has 2 rings (SSSR count). The third kappa shape index (κ3) is 2.53. The van der Waals surface area contributed by atoms with Gasteiger partial charge in [0, 0.05) is 4.88 Å². The van der Waals surface area contributed by atoms with E-state index in [1.165, 1.54) is 31.0 Å². The first kappa shape index (κ1) is 13.4. The molecule has 1 amide bonds. The van der Waals surface area contributed by atoms with Gasteiger partial charge in [0.1, 0.15) is 11.3 Å². The van der Waals surface area contributed by atoms with Crippen LogP contribution in [0.2, 0.25) is 0 Å². The Hall–Kier alpha value is -2.08. The van der Waals surface area contributed by atoms with E-state index in [9.17, 15) is 9.59 Å². The van der Waals surface area contributed by atoms with Crippen molar-refractivity contribution in [2.24, 2.45) is 0 Å². The Morgan fingerprint density at radius 1 is 1.37 bits per heavy atom. The van der Waals surface area contributed by atoms with Crippen LogP contribution in [0.25, 0.3) is 0 Å². The minimum Gasteiger partial charge on any atom is -0.472 e. The van der Waals surface area contributed by atoms with Gasteiger partial charge in [0.15, 0.2) is 0 Å².